The van der Waals surface area contributed by atoms with E-state index >= 15 is 0 Å². The van der Waals surface area contributed by atoms with Crippen LogP contribution in [0.4, 0.5) is 17.6 Å². The van der Waals surface area contributed by atoms with E-state index in [4.69, 9.17) is 0 Å². The van der Waals surface area contributed by atoms with Gasteiger partial charge in [0.1, 0.15) is 0 Å². The van der Waals surface area contributed by atoms with Crippen molar-refractivity contribution in [1.29, 1.82) is 0 Å². The van der Waals surface area contributed by atoms with E-state index < -0.39 is 33.1 Å². The quantitative estimate of drug-likeness (QED) is 0.313. The third-order valence-electron chi connectivity index (χ3n) is 1.70. The summed E-state index contributed by atoms with van der Waals surface area (Å²) in [6, 6.07) is 0. The summed E-state index contributed by atoms with van der Waals surface area (Å²) in [6.07, 6.45) is 0. The van der Waals surface area contributed by atoms with Gasteiger partial charge in [0.25, 0.3) is 0 Å². The molecule has 0 nitrogen and oxygen atoms in total. The monoisotopic (exact) mass is 170 g/mol. The fourth-order valence-corrected chi connectivity index (χ4v) is 0.851. The molecule has 1 aromatic rings. The van der Waals surface area contributed by atoms with Crippen LogP contribution in [0.5, 0.6) is 0 Å². The first-order valence-corrected chi connectivity index (χ1v) is 3.26. The number of rotatable bonds is 0. The molecule has 0 amide bonds. The molecule has 0 N–H and O–H groups in total. The summed E-state index contributed by atoms with van der Waals surface area (Å²) in [4.78, 5) is 0. The van der Waals surface area contributed by atoms with E-state index in [-0.39, 0.29) is 0 Å². The standard InChI is InChI=1S/C7H3F4.Li/c1-3-6(10)4(8)2-5(9)7(3)11;/h1H3;. The Morgan fingerprint density at radius 1 is 0.833 bits per heavy atom. The average molecular weight is 170 g/mol. The fraction of sp³-hybridized carbons (Fsp3) is 0.143. The van der Waals surface area contributed by atoms with E-state index in [1.807, 2.05) is 0 Å². The average Bonchev–Trinajstić information content (AvgIpc) is 2.08. The molecule has 0 heterocycles. The summed E-state index contributed by atoms with van der Waals surface area (Å²) in [5.74, 6) is -5.31. The van der Waals surface area contributed by atoms with Crippen molar-refractivity contribution in [3.05, 3.63) is 28.8 Å². The van der Waals surface area contributed by atoms with E-state index in [1.54, 1.807) is 0 Å². The zero-order valence-electron chi connectivity index (χ0n) is 6.51. The van der Waals surface area contributed by atoms with Crippen molar-refractivity contribution in [1.82, 2.24) is 0 Å². The third kappa shape index (κ3) is 1.25. The Morgan fingerprint density at radius 2 is 1.17 bits per heavy atom. The Labute approximate surface area is 75.8 Å². The molecule has 0 unspecified atom stereocenters. The summed E-state index contributed by atoms with van der Waals surface area (Å²) in [7, 11) is 0. The topological polar surface area (TPSA) is 0 Å². The van der Waals surface area contributed by atoms with Gasteiger partial charge in [-0.2, -0.15) is 0 Å². The van der Waals surface area contributed by atoms with Crippen LogP contribution in [0.15, 0.2) is 0 Å². The first-order chi connectivity index (χ1) is 5.46. The molecule has 1 aromatic carbocycles. The van der Waals surface area contributed by atoms with Crippen LogP contribution in [0.1, 0.15) is 5.56 Å². The minimum absolute atomic E-state index is 0.629. The van der Waals surface area contributed by atoms with E-state index in [2.05, 4.69) is 0 Å². The van der Waals surface area contributed by atoms with E-state index in [9.17, 15) is 17.6 Å². The molecule has 60 valence electrons. The van der Waals surface area contributed by atoms with Gasteiger partial charge in [-0.3, -0.25) is 0 Å². The van der Waals surface area contributed by atoms with Gasteiger partial charge in [-0.25, -0.2) is 0 Å². The molecule has 12 heavy (non-hydrogen) atoms. The summed E-state index contributed by atoms with van der Waals surface area (Å²) >= 11 is 0.982. The Morgan fingerprint density at radius 3 is 1.50 bits per heavy atom. The van der Waals surface area contributed by atoms with Gasteiger partial charge in [-0.05, 0) is 0 Å². The van der Waals surface area contributed by atoms with Gasteiger partial charge < -0.3 is 0 Å². The van der Waals surface area contributed by atoms with Crippen LogP contribution in [-0.2, 0) is 0 Å². The first kappa shape index (κ1) is 9.62. The van der Waals surface area contributed by atoms with Crippen molar-refractivity contribution >= 4 is 22.0 Å². The summed E-state index contributed by atoms with van der Waals surface area (Å²) in [5, 5.41) is 0. The molecule has 0 fully saturated rings. The van der Waals surface area contributed by atoms with E-state index in [0.29, 0.717) is 0 Å². The molecule has 0 atom stereocenters. The van der Waals surface area contributed by atoms with Crippen molar-refractivity contribution in [2.75, 3.05) is 0 Å². The predicted molar refractivity (Wildman–Crippen MR) is 36.4 cm³/mol. The van der Waals surface area contributed by atoms with Gasteiger partial charge in [0.15, 0.2) is 0 Å². The summed E-state index contributed by atoms with van der Waals surface area (Å²) in [5.41, 5.74) is -0.629. The van der Waals surface area contributed by atoms with Gasteiger partial charge in [-0.15, -0.1) is 0 Å². The zero-order chi connectivity index (χ0) is 9.46. The number of hydrogen-bond donors (Lipinski definition) is 0. The molecule has 0 saturated carbocycles. The normalized spacial score (nSPS) is 10.6. The molecular formula is C7H3F4Li. The molecule has 0 bridgehead atoms. The van der Waals surface area contributed by atoms with Crippen molar-refractivity contribution in [3.63, 3.8) is 0 Å². The molecule has 0 spiro atoms. The third-order valence-corrected chi connectivity index (χ3v) is 1.70. The minimum atomic E-state index is -1.33. The van der Waals surface area contributed by atoms with Crippen LogP contribution >= 0.6 is 0 Å². The van der Waals surface area contributed by atoms with Crippen LogP contribution in [0.2, 0.25) is 0 Å². The maximum atomic E-state index is 12.7. The van der Waals surface area contributed by atoms with Gasteiger partial charge in [0, 0.05) is 0 Å². The Balaban J connectivity index is 3.60. The second kappa shape index (κ2) is 3.12. The van der Waals surface area contributed by atoms with Gasteiger partial charge >= 0.3 is 75.3 Å². The number of benzene rings is 1. The van der Waals surface area contributed by atoms with Gasteiger partial charge in [0.2, 0.25) is 0 Å². The fourth-order valence-electron chi connectivity index (χ4n) is 0.851. The molecule has 5 heteroatoms. The van der Waals surface area contributed by atoms with Crippen LogP contribution in [0, 0.1) is 30.2 Å². The molecular weight excluding hydrogens is 167 g/mol. The molecule has 0 aliphatic rings. The molecule has 0 aliphatic heterocycles. The van der Waals surface area contributed by atoms with Crippen molar-refractivity contribution in [3.8, 4) is 0 Å². The second-order valence-corrected chi connectivity index (χ2v) is 2.51. The van der Waals surface area contributed by atoms with Crippen molar-refractivity contribution in [2.24, 2.45) is 0 Å². The van der Waals surface area contributed by atoms with Crippen molar-refractivity contribution in [2.45, 2.75) is 6.92 Å². The second-order valence-electron chi connectivity index (χ2n) is 2.51. The number of hydrogen-bond acceptors (Lipinski definition) is 0. The van der Waals surface area contributed by atoms with Crippen LogP contribution < -0.4 is 4.24 Å². The Hall–Kier alpha value is -0.463. The van der Waals surface area contributed by atoms with Crippen LogP contribution in [0.3, 0.4) is 0 Å². The molecule has 1 rings (SSSR count). The molecule has 0 radical (unpaired) electrons. The first-order valence-electron chi connectivity index (χ1n) is 3.26. The molecule has 0 aromatic heterocycles. The number of halogens is 4. The van der Waals surface area contributed by atoms with Crippen LogP contribution in [-0.4, -0.2) is 17.7 Å². The SMILES string of the molecule is [Li][c]1c(F)c(F)c(C)c(F)c1F. The predicted octanol–water partition coefficient (Wildman–Crippen LogP) is 1.35. The Bertz CT molecular complexity index is 230. The van der Waals surface area contributed by atoms with Gasteiger partial charge in [0.05, 0.1) is 0 Å². The van der Waals surface area contributed by atoms with E-state index in [0.717, 1.165) is 24.6 Å². The van der Waals surface area contributed by atoms with Crippen LogP contribution in [0.25, 0.3) is 0 Å². The van der Waals surface area contributed by atoms with Gasteiger partial charge in [-0.1, -0.05) is 0 Å². The summed E-state index contributed by atoms with van der Waals surface area (Å²) in [6.45, 7) is 0.982. The maximum absolute atomic E-state index is 12.7. The Kier molecular flexibility index (Phi) is 2.50. The van der Waals surface area contributed by atoms with Crippen molar-refractivity contribution < 1.29 is 17.6 Å². The molecule has 0 saturated heterocycles. The molecule has 0 aliphatic carbocycles. The zero-order valence-corrected chi connectivity index (χ0v) is 6.51. The van der Waals surface area contributed by atoms with E-state index in [1.165, 1.54) is 0 Å². The summed E-state index contributed by atoms with van der Waals surface area (Å²) < 4.78 is 50.0.